The Bertz CT molecular complexity index is 706. The van der Waals surface area contributed by atoms with E-state index < -0.39 is 0 Å². The van der Waals surface area contributed by atoms with Crippen LogP contribution in [-0.4, -0.2) is 10.9 Å². The monoisotopic (exact) mass is 382 g/mol. The topological polar surface area (TPSA) is 55.1 Å². The Kier molecular flexibility index (Phi) is 5.33. The molecule has 0 atom stereocenters. The van der Waals surface area contributed by atoms with E-state index in [1.165, 1.54) is 0 Å². The van der Waals surface area contributed by atoms with Gasteiger partial charge in [0.2, 0.25) is 0 Å². The van der Waals surface area contributed by atoms with Crippen molar-refractivity contribution in [1.29, 1.82) is 0 Å². The molecule has 0 fully saturated rings. The summed E-state index contributed by atoms with van der Waals surface area (Å²) in [5.41, 5.74) is 7.72. The fourth-order valence-corrected chi connectivity index (χ4v) is 2.67. The van der Waals surface area contributed by atoms with Gasteiger partial charge in [0.1, 0.15) is 4.99 Å². The Morgan fingerprint density at radius 1 is 1.29 bits per heavy atom. The number of nitrogens with one attached hydrogen (secondary N) is 1. The van der Waals surface area contributed by atoms with E-state index in [0.717, 1.165) is 15.6 Å². The molecule has 0 radical (unpaired) electrons. The van der Waals surface area contributed by atoms with Crippen molar-refractivity contribution in [2.45, 2.75) is 6.54 Å². The molecular formula is C15H12BrClN2OS. The van der Waals surface area contributed by atoms with E-state index in [9.17, 15) is 4.79 Å². The number of nitrogens with two attached hydrogens (primary N) is 1. The van der Waals surface area contributed by atoms with Gasteiger partial charge in [0.05, 0.1) is 10.6 Å². The normalized spacial score (nSPS) is 10.2. The quantitative estimate of drug-likeness (QED) is 0.792. The van der Waals surface area contributed by atoms with Gasteiger partial charge in [-0.2, -0.15) is 0 Å². The zero-order chi connectivity index (χ0) is 15.4. The van der Waals surface area contributed by atoms with Crippen molar-refractivity contribution in [1.82, 2.24) is 5.32 Å². The first kappa shape index (κ1) is 15.9. The van der Waals surface area contributed by atoms with Gasteiger partial charge in [0.15, 0.2) is 0 Å². The molecule has 2 aromatic carbocycles. The van der Waals surface area contributed by atoms with Crippen LogP contribution in [0.2, 0.25) is 5.02 Å². The molecule has 0 heterocycles. The standard InChI is InChI=1S/C15H12BrClN2OS/c16-11-4-5-12(13(17)7-11)15(20)19-8-9-2-1-3-10(6-9)14(18)21/h1-7H,8H2,(H2,18,21)(H,19,20). The minimum absolute atomic E-state index is 0.228. The maximum absolute atomic E-state index is 12.1. The zero-order valence-corrected chi connectivity index (χ0v) is 14.1. The Morgan fingerprint density at radius 3 is 2.71 bits per heavy atom. The lowest BCUT2D eigenvalue weighted by Crippen LogP contribution is -2.23. The van der Waals surface area contributed by atoms with Crippen LogP contribution in [0.15, 0.2) is 46.9 Å². The molecule has 0 aliphatic rings. The molecule has 0 unspecified atom stereocenters. The molecule has 21 heavy (non-hydrogen) atoms. The molecule has 6 heteroatoms. The van der Waals surface area contributed by atoms with Gasteiger partial charge in [0, 0.05) is 16.6 Å². The number of benzene rings is 2. The highest BCUT2D eigenvalue weighted by Crippen LogP contribution is 2.21. The molecule has 108 valence electrons. The van der Waals surface area contributed by atoms with E-state index in [2.05, 4.69) is 21.2 Å². The Labute approximate surface area is 141 Å². The van der Waals surface area contributed by atoms with Crippen molar-refractivity contribution in [3.8, 4) is 0 Å². The van der Waals surface area contributed by atoms with Crippen LogP contribution >= 0.6 is 39.7 Å². The van der Waals surface area contributed by atoms with E-state index in [-0.39, 0.29) is 5.91 Å². The van der Waals surface area contributed by atoms with Gasteiger partial charge in [-0.25, -0.2) is 0 Å². The van der Waals surface area contributed by atoms with Crippen molar-refractivity contribution in [2.24, 2.45) is 5.73 Å². The molecule has 1 amide bonds. The second-order valence-electron chi connectivity index (χ2n) is 4.37. The van der Waals surface area contributed by atoms with Gasteiger partial charge in [-0.1, -0.05) is 57.9 Å². The van der Waals surface area contributed by atoms with Crippen LogP contribution in [0, 0.1) is 0 Å². The number of hydrogen-bond donors (Lipinski definition) is 2. The maximum atomic E-state index is 12.1. The summed E-state index contributed by atoms with van der Waals surface area (Å²) in [6.07, 6.45) is 0. The van der Waals surface area contributed by atoms with Crippen molar-refractivity contribution in [3.63, 3.8) is 0 Å². The maximum Gasteiger partial charge on any atom is 0.253 e. The molecule has 0 saturated carbocycles. The highest BCUT2D eigenvalue weighted by Gasteiger charge is 2.10. The third-order valence-electron chi connectivity index (χ3n) is 2.84. The first-order valence-electron chi connectivity index (χ1n) is 6.09. The minimum atomic E-state index is -0.228. The number of thiocarbonyl (C=S) groups is 1. The molecule has 2 rings (SSSR count). The number of amides is 1. The summed E-state index contributed by atoms with van der Waals surface area (Å²) < 4.78 is 0.827. The highest BCUT2D eigenvalue weighted by atomic mass is 79.9. The van der Waals surface area contributed by atoms with Crippen molar-refractivity contribution in [2.75, 3.05) is 0 Å². The first-order chi connectivity index (χ1) is 9.97. The summed E-state index contributed by atoms with van der Waals surface area (Å²) in [6.45, 7) is 0.377. The summed E-state index contributed by atoms with van der Waals surface area (Å²) in [6, 6.07) is 12.6. The van der Waals surface area contributed by atoms with Crippen LogP contribution in [0.25, 0.3) is 0 Å². The van der Waals surface area contributed by atoms with E-state index in [0.29, 0.717) is 22.1 Å². The molecule has 0 bridgehead atoms. The number of carbonyl (C=O) groups is 1. The summed E-state index contributed by atoms with van der Waals surface area (Å²) >= 11 is 14.3. The van der Waals surface area contributed by atoms with E-state index >= 15 is 0 Å². The number of halogens is 2. The largest absolute Gasteiger partial charge is 0.389 e. The Hall–Kier alpha value is -1.43. The molecular weight excluding hydrogens is 372 g/mol. The Morgan fingerprint density at radius 2 is 2.05 bits per heavy atom. The first-order valence-corrected chi connectivity index (χ1v) is 7.67. The molecule has 0 aromatic heterocycles. The van der Waals surface area contributed by atoms with Crippen LogP contribution in [0.3, 0.4) is 0 Å². The molecule has 0 aliphatic heterocycles. The van der Waals surface area contributed by atoms with Gasteiger partial charge in [0.25, 0.3) is 5.91 Å². The predicted octanol–water partition coefficient (Wildman–Crippen LogP) is 3.67. The van der Waals surface area contributed by atoms with Gasteiger partial charge in [-0.05, 0) is 29.8 Å². The average molecular weight is 384 g/mol. The second kappa shape index (κ2) is 7.02. The highest BCUT2D eigenvalue weighted by molar-refractivity contribution is 9.10. The molecule has 3 nitrogen and oxygen atoms in total. The predicted molar refractivity (Wildman–Crippen MR) is 92.7 cm³/mol. The number of hydrogen-bond acceptors (Lipinski definition) is 2. The molecule has 2 aromatic rings. The minimum Gasteiger partial charge on any atom is -0.389 e. The molecule has 0 spiro atoms. The smallest absolute Gasteiger partial charge is 0.253 e. The molecule has 0 aliphatic carbocycles. The molecule has 3 N–H and O–H groups in total. The van der Waals surface area contributed by atoms with Crippen LogP contribution in [-0.2, 0) is 6.54 Å². The number of carbonyl (C=O) groups excluding carboxylic acids is 1. The lowest BCUT2D eigenvalue weighted by atomic mass is 10.1. The SMILES string of the molecule is NC(=S)c1cccc(CNC(=O)c2ccc(Br)cc2Cl)c1. The number of rotatable bonds is 4. The third kappa shape index (κ3) is 4.27. The van der Waals surface area contributed by atoms with Gasteiger partial charge in [-0.15, -0.1) is 0 Å². The van der Waals surface area contributed by atoms with Crippen LogP contribution < -0.4 is 11.1 Å². The lowest BCUT2D eigenvalue weighted by molar-refractivity contribution is 0.0951. The van der Waals surface area contributed by atoms with Crippen molar-refractivity contribution >= 4 is 50.6 Å². The second-order valence-corrected chi connectivity index (χ2v) is 6.13. The zero-order valence-electron chi connectivity index (χ0n) is 10.9. The van der Waals surface area contributed by atoms with Crippen molar-refractivity contribution < 1.29 is 4.79 Å². The van der Waals surface area contributed by atoms with Crippen LogP contribution in [0.1, 0.15) is 21.5 Å². The van der Waals surface area contributed by atoms with Gasteiger partial charge in [-0.3, -0.25) is 4.79 Å². The summed E-state index contributed by atoms with van der Waals surface area (Å²) in [7, 11) is 0. The van der Waals surface area contributed by atoms with Gasteiger partial charge >= 0.3 is 0 Å². The summed E-state index contributed by atoms with van der Waals surface area (Å²) in [5.74, 6) is -0.228. The third-order valence-corrected chi connectivity index (χ3v) is 3.88. The summed E-state index contributed by atoms with van der Waals surface area (Å²) in [5, 5.41) is 3.22. The fourth-order valence-electron chi connectivity index (χ4n) is 1.79. The summed E-state index contributed by atoms with van der Waals surface area (Å²) in [4.78, 5) is 12.4. The Balaban J connectivity index is 2.07. The van der Waals surface area contributed by atoms with E-state index in [1.54, 1.807) is 18.2 Å². The van der Waals surface area contributed by atoms with Gasteiger partial charge < -0.3 is 11.1 Å². The fraction of sp³-hybridized carbons (Fsp3) is 0.0667. The molecule has 0 saturated heterocycles. The van der Waals surface area contributed by atoms with E-state index in [1.807, 2.05) is 24.3 Å². The average Bonchev–Trinajstić information content (AvgIpc) is 2.45. The van der Waals surface area contributed by atoms with Crippen LogP contribution in [0.4, 0.5) is 0 Å². The van der Waals surface area contributed by atoms with Crippen molar-refractivity contribution in [3.05, 3.63) is 68.7 Å². The van der Waals surface area contributed by atoms with Crippen LogP contribution in [0.5, 0.6) is 0 Å². The lowest BCUT2D eigenvalue weighted by Gasteiger charge is -2.08. The van der Waals surface area contributed by atoms with E-state index in [4.69, 9.17) is 29.6 Å².